The summed E-state index contributed by atoms with van der Waals surface area (Å²) in [6, 6.07) is 8.62. The van der Waals surface area contributed by atoms with Gasteiger partial charge in [-0.3, -0.25) is 14.9 Å². The van der Waals surface area contributed by atoms with Crippen LogP contribution in [-0.4, -0.2) is 53.9 Å². The zero-order chi connectivity index (χ0) is 23.0. The van der Waals surface area contributed by atoms with E-state index in [1.165, 1.54) is 5.56 Å². The Morgan fingerprint density at radius 1 is 1.03 bits per heavy atom. The number of rotatable bonds is 4. The Balaban J connectivity index is 1.44. The van der Waals surface area contributed by atoms with E-state index >= 15 is 0 Å². The van der Waals surface area contributed by atoms with Gasteiger partial charge in [-0.05, 0) is 56.0 Å². The second-order valence-corrected chi connectivity index (χ2v) is 8.55. The van der Waals surface area contributed by atoms with Crippen LogP contribution in [0.3, 0.4) is 0 Å². The molecule has 8 nitrogen and oxygen atoms in total. The lowest BCUT2D eigenvalue weighted by atomic mass is 9.87. The molecule has 0 aliphatic carbocycles. The molecule has 32 heavy (non-hydrogen) atoms. The first kappa shape index (κ1) is 21.8. The maximum Gasteiger partial charge on any atom is 0.322 e. The molecule has 0 unspecified atom stereocenters. The number of carbonyl (C=O) groups excluding carboxylic acids is 3. The Bertz CT molecular complexity index is 1070. The average molecular weight is 436 g/mol. The SMILES string of the molecule is CC[C@]1(c2ccc(C(=O)N3CCN(c4nc(C)c(C)cc4C)CC3)cc2)NC(=O)NC1=O. The first-order chi connectivity index (χ1) is 15.2. The van der Waals surface area contributed by atoms with Crippen molar-refractivity contribution in [3.8, 4) is 0 Å². The van der Waals surface area contributed by atoms with E-state index in [-0.39, 0.29) is 11.8 Å². The van der Waals surface area contributed by atoms with E-state index in [0.29, 0.717) is 30.6 Å². The van der Waals surface area contributed by atoms with Crippen molar-refractivity contribution in [1.29, 1.82) is 0 Å². The molecule has 4 rings (SSSR count). The van der Waals surface area contributed by atoms with Crippen LogP contribution in [-0.2, 0) is 10.3 Å². The zero-order valence-corrected chi connectivity index (χ0v) is 19.0. The highest BCUT2D eigenvalue weighted by Crippen LogP contribution is 2.29. The summed E-state index contributed by atoms with van der Waals surface area (Å²) in [7, 11) is 0. The number of imide groups is 1. The lowest BCUT2D eigenvalue weighted by molar-refractivity contribution is -0.124. The first-order valence-corrected chi connectivity index (χ1v) is 11.0. The largest absolute Gasteiger partial charge is 0.353 e. The maximum atomic E-state index is 13.0. The molecule has 1 aromatic heterocycles. The van der Waals surface area contributed by atoms with Gasteiger partial charge in [-0.25, -0.2) is 9.78 Å². The molecule has 2 N–H and O–H groups in total. The molecular formula is C24H29N5O3. The van der Waals surface area contributed by atoms with E-state index in [9.17, 15) is 14.4 Å². The molecule has 8 heteroatoms. The molecule has 0 spiro atoms. The number of aromatic nitrogens is 1. The standard InChI is InChI=1S/C24H29N5O3/c1-5-24(22(31)26-23(32)27-24)19-8-6-18(7-9-19)21(30)29-12-10-28(11-13-29)20-16(3)14-15(2)17(4)25-20/h6-9,14H,5,10-13H2,1-4H3,(H2,26,27,31,32)/t24-/m1/s1. The van der Waals surface area contributed by atoms with Gasteiger partial charge >= 0.3 is 6.03 Å². The minimum atomic E-state index is -1.08. The van der Waals surface area contributed by atoms with Crippen LogP contribution < -0.4 is 15.5 Å². The minimum absolute atomic E-state index is 0.0357. The number of urea groups is 1. The predicted octanol–water partition coefficient (Wildman–Crippen LogP) is 2.41. The molecule has 0 bridgehead atoms. The van der Waals surface area contributed by atoms with Crippen LogP contribution in [0.25, 0.3) is 0 Å². The van der Waals surface area contributed by atoms with Crippen molar-refractivity contribution in [3.05, 3.63) is 58.3 Å². The number of nitrogens with one attached hydrogen (secondary N) is 2. The second kappa shape index (κ2) is 8.26. The Kier molecular flexibility index (Phi) is 5.62. The molecule has 2 aliphatic heterocycles. The number of pyridine rings is 1. The lowest BCUT2D eigenvalue weighted by Crippen LogP contribution is -2.49. The number of piperazine rings is 1. The minimum Gasteiger partial charge on any atom is -0.353 e. The Morgan fingerprint density at radius 3 is 2.25 bits per heavy atom. The van der Waals surface area contributed by atoms with Crippen LogP contribution in [0, 0.1) is 20.8 Å². The normalized spacial score (nSPS) is 20.9. The van der Waals surface area contributed by atoms with Crippen LogP contribution >= 0.6 is 0 Å². The van der Waals surface area contributed by atoms with Gasteiger partial charge in [0.15, 0.2) is 0 Å². The molecule has 1 atom stereocenters. The molecule has 2 aromatic rings. The number of benzene rings is 1. The Labute approximate surface area is 188 Å². The zero-order valence-electron chi connectivity index (χ0n) is 19.0. The van der Waals surface area contributed by atoms with Crippen LogP contribution in [0.15, 0.2) is 30.3 Å². The summed E-state index contributed by atoms with van der Waals surface area (Å²) in [5.74, 6) is 0.591. The van der Waals surface area contributed by atoms with Crippen molar-refractivity contribution in [1.82, 2.24) is 20.5 Å². The molecule has 2 fully saturated rings. The predicted molar refractivity (Wildman–Crippen MR) is 122 cm³/mol. The number of nitrogens with zero attached hydrogens (tertiary/aromatic N) is 3. The number of anilines is 1. The van der Waals surface area contributed by atoms with E-state index < -0.39 is 11.6 Å². The fourth-order valence-corrected chi connectivity index (χ4v) is 4.50. The van der Waals surface area contributed by atoms with E-state index in [2.05, 4.69) is 35.4 Å². The molecule has 3 heterocycles. The third-order valence-corrected chi connectivity index (χ3v) is 6.59. The Hall–Kier alpha value is -3.42. The van der Waals surface area contributed by atoms with E-state index in [0.717, 1.165) is 30.2 Å². The summed E-state index contributed by atoms with van der Waals surface area (Å²) in [6.45, 7) is 10.7. The van der Waals surface area contributed by atoms with Crippen LogP contribution in [0.5, 0.6) is 0 Å². The molecule has 4 amide bonds. The van der Waals surface area contributed by atoms with Gasteiger partial charge in [-0.2, -0.15) is 0 Å². The van der Waals surface area contributed by atoms with Gasteiger partial charge in [-0.1, -0.05) is 25.1 Å². The number of hydrogen-bond acceptors (Lipinski definition) is 5. The van der Waals surface area contributed by atoms with Gasteiger partial charge in [0.25, 0.3) is 11.8 Å². The van der Waals surface area contributed by atoms with Crippen LogP contribution in [0.2, 0.25) is 0 Å². The van der Waals surface area contributed by atoms with Crippen molar-refractivity contribution in [2.45, 2.75) is 39.7 Å². The van der Waals surface area contributed by atoms with Gasteiger partial charge in [0, 0.05) is 37.4 Å². The third kappa shape index (κ3) is 3.70. The molecular weight excluding hydrogens is 406 g/mol. The fourth-order valence-electron chi connectivity index (χ4n) is 4.50. The van der Waals surface area contributed by atoms with E-state index in [4.69, 9.17) is 4.98 Å². The summed E-state index contributed by atoms with van der Waals surface area (Å²) in [6.07, 6.45) is 0.422. The summed E-state index contributed by atoms with van der Waals surface area (Å²) in [4.78, 5) is 45.9. The Morgan fingerprint density at radius 2 is 1.69 bits per heavy atom. The summed E-state index contributed by atoms with van der Waals surface area (Å²) >= 11 is 0. The van der Waals surface area contributed by atoms with Gasteiger partial charge < -0.3 is 15.1 Å². The second-order valence-electron chi connectivity index (χ2n) is 8.55. The van der Waals surface area contributed by atoms with Gasteiger partial charge in [0.2, 0.25) is 0 Å². The van der Waals surface area contributed by atoms with Crippen molar-refractivity contribution in [2.75, 3.05) is 31.1 Å². The third-order valence-electron chi connectivity index (χ3n) is 6.59. The molecule has 2 aliphatic rings. The smallest absolute Gasteiger partial charge is 0.322 e. The van der Waals surface area contributed by atoms with Crippen molar-refractivity contribution in [3.63, 3.8) is 0 Å². The highest BCUT2D eigenvalue weighted by Gasteiger charge is 2.46. The highest BCUT2D eigenvalue weighted by atomic mass is 16.2. The van der Waals surface area contributed by atoms with Crippen LogP contribution in [0.1, 0.15) is 46.1 Å². The lowest BCUT2D eigenvalue weighted by Gasteiger charge is -2.36. The fraction of sp³-hybridized carbons (Fsp3) is 0.417. The van der Waals surface area contributed by atoms with Gasteiger partial charge in [0.05, 0.1) is 0 Å². The number of carbonyl (C=O) groups is 3. The quantitative estimate of drug-likeness (QED) is 0.720. The molecule has 0 saturated carbocycles. The maximum absolute atomic E-state index is 13.0. The van der Waals surface area contributed by atoms with Crippen molar-refractivity contribution in [2.24, 2.45) is 0 Å². The number of aryl methyl sites for hydroxylation is 3. The van der Waals surface area contributed by atoms with Gasteiger partial charge in [-0.15, -0.1) is 0 Å². The van der Waals surface area contributed by atoms with Crippen molar-refractivity contribution < 1.29 is 14.4 Å². The molecule has 2 saturated heterocycles. The summed E-state index contributed by atoms with van der Waals surface area (Å²) < 4.78 is 0. The topological polar surface area (TPSA) is 94.6 Å². The molecule has 1 aromatic carbocycles. The molecule has 0 radical (unpaired) electrons. The highest BCUT2D eigenvalue weighted by molar-refractivity contribution is 6.07. The number of hydrogen-bond donors (Lipinski definition) is 2. The van der Waals surface area contributed by atoms with Crippen molar-refractivity contribution >= 4 is 23.7 Å². The van der Waals surface area contributed by atoms with E-state index in [1.807, 2.05) is 18.7 Å². The van der Waals surface area contributed by atoms with E-state index in [1.54, 1.807) is 24.3 Å². The van der Waals surface area contributed by atoms with Crippen LogP contribution in [0.4, 0.5) is 10.6 Å². The van der Waals surface area contributed by atoms with Gasteiger partial charge in [0.1, 0.15) is 11.4 Å². The molecule has 168 valence electrons. The monoisotopic (exact) mass is 435 g/mol. The number of amides is 4. The first-order valence-electron chi connectivity index (χ1n) is 11.0. The average Bonchev–Trinajstić information content (AvgIpc) is 3.10. The summed E-state index contributed by atoms with van der Waals surface area (Å²) in [5, 5.41) is 5.02. The summed E-state index contributed by atoms with van der Waals surface area (Å²) in [5.41, 5.74) is 3.52.